The van der Waals surface area contributed by atoms with E-state index in [9.17, 15) is 4.79 Å². The summed E-state index contributed by atoms with van der Waals surface area (Å²) in [4.78, 5) is 14.8. The van der Waals surface area contributed by atoms with Crippen LogP contribution in [0.1, 0.15) is 40.7 Å². The summed E-state index contributed by atoms with van der Waals surface area (Å²) in [6.45, 7) is 0.506. The van der Waals surface area contributed by atoms with E-state index in [4.69, 9.17) is 5.73 Å². The van der Waals surface area contributed by atoms with Crippen molar-refractivity contribution >= 4 is 5.91 Å². The Labute approximate surface area is 144 Å². The molecule has 0 aliphatic heterocycles. The third-order valence-corrected chi connectivity index (χ3v) is 5.21. The molecule has 1 aliphatic rings. The van der Waals surface area contributed by atoms with Gasteiger partial charge in [-0.2, -0.15) is 0 Å². The minimum Gasteiger partial charge on any atom is -0.338 e. The third-order valence-electron chi connectivity index (χ3n) is 5.21. The molecule has 0 heterocycles. The molecule has 3 rings (SSSR count). The first-order valence-corrected chi connectivity index (χ1v) is 8.79. The highest BCUT2D eigenvalue weighted by atomic mass is 16.2. The second-order valence-electron chi connectivity index (χ2n) is 6.77. The van der Waals surface area contributed by atoms with Crippen LogP contribution in [0.3, 0.4) is 0 Å². The van der Waals surface area contributed by atoms with Crippen LogP contribution in [-0.4, -0.2) is 23.9 Å². The number of hydrogen-bond acceptors (Lipinski definition) is 2. The molecule has 0 spiro atoms. The molecule has 3 nitrogen and oxygen atoms in total. The van der Waals surface area contributed by atoms with Crippen molar-refractivity contribution in [1.82, 2.24) is 4.90 Å². The molecule has 0 unspecified atom stereocenters. The maximum Gasteiger partial charge on any atom is 0.253 e. The molecular formula is C21H26N2O. The number of rotatable bonds is 5. The molecule has 126 valence electrons. The molecule has 2 aromatic rings. The zero-order valence-electron chi connectivity index (χ0n) is 14.3. The zero-order valence-corrected chi connectivity index (χ0v) is 14.3. The van der Waals surface area contributed by atoms with Gasteiger partial charge in [0.2, 0.25) is 0 Å². The summed E-state index contributed by atoms with van der Waals surface area (Å²) in [6.07, 6.45) is 4.55. The third kappa shape index (κ3) is 3.68. The quantitative estimate of drug-likeness (QED) is 0.914. The van der Waals surface area contributed by atoms with Gasteiger partial charge in [-0.3, -0.25) is 4.79 Å². The second-order valence-corrected chi connectivity index (χ2v) is 6.77. The van der Waals surface area contributed by atoms with E-state index in [1.165, 1.54) is 18.4 Å². The largest absolute Gasteiger partial charge is 0.338 e. The van der Waals surface area contributed by atoms with Gasteiger partial charge in [0, 0.05) is 25.2 Å². The van der Waals surface area contributed by atoms with Gasteiger partial charge in [0.25, 0.3) is 5.91 Å². The van der Waals surface area contributed by atoms with Crippen LogP contribution in [-0.2, 0) is 13.0 Å². The normalized spacial score (nSPS) is 20.1. The van der Waals surface area contributed by atoms with Gasteiger partial charge >= 0.3 is 0 Å². The molecule has 1 fully saturated rings. The molecular weight excluding hydrogens is 296 g/mol. The Balaban J connectivity index is 1.70. The van der Waals surface area contributed by atoms with Crippen molar-refractivity contribution in [2.24, 2.45) is 11.7 Å². The molecule has 0 saturated heterocycles. The Morgan fingerprint density at radius 1 is 1.04 bits per heavy atom. The average Bonchev–Trinajstić information content (AvgIpc) is 3.09. The fraction of sp³-hybridized carbons (Fsp3) is 0.381. The molecule has 1 aliphatic carbocycles. The maximum atomic E-state index is 12.8. The minimum absolute atomic E-state index is 0.114. The topological polar surface area (TPSA) is 46.3 Å². The first-order chi connectivity index (χ1) is 11.7. The standard InChI is InChI=1S/C21H26N2O/c1-23(21(24)18-12-10-17(15-22)11-13-18)20-9-5-8-19(20)14-16-6-3-2-4-7-16/h2-4,6-7,10-13,19-20H,5,8-9,14-15,22H2,1H3/t19-,20+/m0/s1. The van der Waals surface area contributed by atoms with Crippen LogP contribution in [0.2, 0.25) is 0 Å². The summed E-state index contributed by atoms with van der Waals surface area (Å²) in [6, 6.07) is 18.6. The van der Waals surface area contributed by atoms with Crippen LogP contribution < -0.4 is 5.73 Å². The first-order valence-electron chi connectivity index (χ1n) is 8.79. The van der Waals surface area contributed by atoms with E-state index in [1.807, 2.05) is 36.2 Å². The molecule has 0 bridgehead atoms. The summed E-state index contributed by atoms with van der Waals surface area (Å²) >= 11 is 0. The fourth-order valence-corrected chi connectivity index (χ4v) is 3.82. The molecule has 2 N–H and O–H groups in total. The number of hydrogen-bond donors (Lipinski definition) is 1. The lowest BCUT2D eigenvalue weighted by Crippen LogP contribution is -2.40. The monoisotopic (exact) mass is 322 g/mol. The first kappa shape index (κ1) is 16.7. The van der Waals surface area contributed by atoms with Crippen molar-refractivity contribution < 1.29 is 4.79 Å². The van der Waals surface area contributed by atoms with Crippen LogP contribution in [0.5, 0.6) is 0 Å². The Morgan fingerprint density at radius 3 is 2.42 bits per heavy atom. The smallest absolute Gasteiger partial charge is 0.253 e. The van der Waals surface area contributed by atoms with Gasteiger partial charge in [0.05, 0.1) is 0 Å². The molecule has 1 amide bonds. The lowest BCUT2D eigenvalue weighted by atomic mass is 9.93. The van der Waals surface area contributed by atoms with Crippen molar-refractivity contribution in [3.05, 3.63) is 71.3 Å². The Morgan fingerprint density at radius 2 is 1.75 bits per heavy atom. The summed E-state index contributed by atoms with van der Waals surface area (Å²) in [7, 11) is 1.95. The predicted molar refractivity (Wildman–Crippen MR) is 97.7 cm³/mol. The van der Waals surface area contributed by atoms with Crippen molar-refractivity contribution in [2.75, 3.05) is 7.05 Å². The van der Waals surface area contributed by atoms with E-state index in [-0.39, 0.29) is 5.91 Å². The molecule has 0 radical (unpaired) electrons. The number of nitrogens with two attached hydrogens (primary N) is 1. The lowest BCUT2D eigenvalue weighted by Gasteiger charge is -2.30. The van der Waals surface area contributed by atoms with Gasteiger partial charge in [0.15, 0.2) is 0 Å². The summed E-state index contributed by atoms with van der Waals surface area (Å²) in [5.74, 6) is 0.660. The number of carbonyl (C=O) groups is 1. The van der Waals surface area contributed by atoms with Crippen molar-refractivity contribution in [1.29, 1.82) is 0 Å². The van der Waals surface area contributed by atoms with Gasteiger partial charge in [-0.05, 0) is 48.4 Å². The number of nitrogens with zero attached hydrogens (tertiary/aromatic N) is 1. The Hall–Kier alpha value is -2.13. The molecule has 3 heteroatoms. The summed E-state index contributed by atoms with van der Waals surface area (Å²) < 4.78 is 0. The van der Waals surface area contributed by atoms with Crippen molar-refractivity contribution in [3.63, 3.8) is 0 Å². The SMILES string of the molecule is CN(C(=O)c1ccc(CN)cc1)[C@@H]1CCC[C@H]1Cc1ccccc1. The summed E-state index contributed by atoms with van der Waals surface area (Å²) in [5.41, 5.74) is 8.80. The molecule has 0 aromatic heterocycles. The van der Waals surface area contributed by atoms with Crippen molar-refractivity contribution in [3.8, 4) is 0 Å². The zero-order chi connectivity index (χ0) is 16.9. The van der Waals surface area contributed by atoms with Crippen molar-refractivity contribution in [2.45, 2.75) is 38.3 Å². The van der Waals surface area contributed by atoms with Gasteiger partial charge in [-0.25, -0.2) is 0 Å². The van der Waals surface area contributed by atoms with Gasteiger partial charge in [-0.15, -0.1) is 0 Å². The average molecular weight is 322 g/mol. The highest BCUT2D eigenvalue weighted by Gasteiger charge is 2.32. The van der Waals surface area contributed by atoms with Crippen LogP contribution >= 0.6 is 0 Å². The van der Waals surface area contributed by atoms with E-state index in [0.29, 0.717) is 18.5 Å². The van der Waals surface area contributed by atoms with E-state index in [0.717, 1.165) is 24.0 Å². The highest BCUT2D eigenvalue weighted by molar-refractivity contribution is 5.94. The molecule has 1 saturated carbocycles. The summed E-state index contributed by atoms with van der Waals surface area (Å²) in [5, 5.41) is 0. The number of carbonyl (C=O) groups excluding carboxylic acids is 1. The van der Waals surface area contributed by atoms with Gasteiger partial charge in [-0.1, -0.05) is 48.9 Å². The minimum atomic E-state index is 0.114. The van der Waals surface area contributed by atoms with Crippen LogP contribution in [0.25, 0.3) is 0 Å². The van der Waals surface area contributed by atoms with Crippen LogP contribution in [0.15, 0.2) is 54.6 Å². The molecule has 24 heavy (non-hydrogen) atoms. The highest BCUT2D eigenvalue weighted by Crippen LogP contribution is 2.32. The molecule has 2 atom stereocenters. The predicted octanol–water partition coefficient (Wildman–Crippen LogP) is 3.63. The van der Waals surface area contributed by atoms with E-state index in [1.54, 1.807) is 0 Å². The van der Waals surface area contributed by atoms with E-state index < -0.39 is 0 Å². The van der Waals surface area contributed by atoms with Gasteiger partial charge < -0.3 is 10.6 Å². The Kier molecular flexibility index (Phi) is 5.31. The number of amides is 1. The van der Waals surface area contributed by atoms with E-state index in [2.05, 4.69) is 30.3 Å². The number of benzene rings is 2. The van der Waals surface area contributed by atoms with Gasteiger partial charge in [0.1, 0.15) is 0 Å². The maximum absolute atomic E-state index is 12.8. The Bertz CT molecular complexity index is 666. The van der Waals surface area contributed by atoms with Crippen LogP contribution in [0, 0.1) is 5.92 Å². The fourth-order valence-electron chi connectivity index (χ4n) is 3.82. The van der Waals surface area contributed by atoms with Crippen LogP contribution in [0.4, 0.5) is 0 Å². The molecule has 2 aromatic carbocycles. The second kappa shape index (κ2) is 7.63. The lowest BCUT2D eigenvalue weighted by molar-refractivity contribution is 0.0696. The van der Waals surface area contributed by atoms with E-state index >= 15 is 0 Å².